The van der Waals surface area contributed by atoms with Crippen molar-refractivity contribution in [2.75, 3.05) is 23.5 Å². The molecule has 0 saturated carbocycles. The number of thioether (sulfide) groups is 1. The molecule has 0 aliphatic carbocycles. The number of sulfone groups is 1. The lowest BCUT2D eigenvalue weighted by molar-refractivity contribution is 0.101. The molecule has 1 N–H and O–H groups in total. The maximum Gasteiger partial charge on any atom is 0.188 e. The fraction of sp³-hybridized carbons (Fsp3) is 0.444. The summed E-state index contributed by atoms with van der Waals surface area (Å²) in [5.74, 6) is 0.898. The summed E-state index contributed by atoms with van der Waals surface area (Å²) in [5.41, 5.74) is 0.571. The van der Waals surface area contributed by atoms with Crippen molar-refractivity contribution < 1.29 is 13.2 Å². The Morgan fingerprint density at radius 1 is 1.53 bits per heavy atom. The third kappa shape index (κ3) is 5.03. The number of hydrogen-bond acceptors (Lipinski definition) is 4. The molecule has 15 heavy (non-hydrogen) atoms. The highest BCUT2D eigenvalue weighted by Crippen LogP contribution is 2.06. The van der Waals surface area contributed by atoms with Gasteiger partial charge in [0.15, 0.2) is 5.78 Å². The Balaban J connectivity index is 2.24. The van der Waals surface area contributed by atoms with Gasteiger partial charge in [-0.2, -0.15) is 11.8 Å². The molecule has 0 aliphatic rings. The van der Waals surface area contributed by atoms with Crippen molar-refractivity contribution in [2.24, 2.45) is 0 Å². The van der Waals surface area contributed by atoms with E-state index in [1.165, 1.54) is 18.0 Å². The minimum atomic E-state index is -2.92. The number of aromatic amines is 1. The third-order valence-corrected chi connectivity index (χ3v) is 3.89. The second kappa shape index (κ2) is 5.37. The first-order valence-electron chi connectivity index (χ1n) is 4.41. The molecular formula is C9H13NO3S2. The summed E-state index contributed by atoms with van der Waals surface area (Å²) in [4.78, 5) is 14.2. The molecule has 0 radical (unpaired) electrons. The van der Waals surface area contributed by atoms with E-state index in [4.69, 9.17) is 0 Å². The number of nitrogens with one attached hydrogen (secondary N) is 1. The molecule has 0 spiro atoms. The van der Waals surface area contributed by atoms with Crippen LogP contribution in [-0.2, 0) is 9.84 Å². The van der Waals surface area contributed by atoms with Gasteiger partial charge in [-0.25, -0.2) is 8.42 Å². The van der Waals surface area contributed by atoms with Crippen LogP contribution in [-0.4, -0.2) is 42.7 Å². The zero-order valence-electron chi connectivity index (χ0n) is 8.39. The predicted molar refractivity (Wildman–Crippen MR) is 62.2 cm³/mol. The van der Waals surface area contributed by atoms with E-state index in [2.05, 4.69) is 4.98 Å². The summed E-state index contributed by atoms with van der Waals surface area (Å²) in [6.45, 7) is 0. The molecule has 6 heteroatoms. The first kappa shape index (κ1) is 12.3. The third-order valence-electron chi connectivity index (χ3n) is 1.73. The van der Waals surface area contributed by atoms with Crippen molar-refractivity contribution >= 4 is 27.4 Å². The fourth-order valence-electron chi connectivity index (χ4n) is 0.957. The Hall–Kier alpha value is -0.750. The molecular weight excluding hydrogens is 234 g/mol. The quantitative estimate of drug-likeness (QED) is 0.601. The molecule has 1 aromatic rings. The van der Waals surface area contributed by atoms with Crippen LogP contribution in [0.1, 0.15) is 10.5 Å². The highest BCUT2D eigenvalue weighted by atomic mass is 32.2. The van der Waals surface area contributed by atoms with Crippen LogP contribution in [0.3, 0.4) is 0 Å². The van der Waals surface area contributed by atoms with Gasteiger partial charge in [0.1, 0.15) is 9.84 Å². The molecule has 84 valence electrons. The molecule has 1 aromatic heterocycles. The van der Waals surface area contributed by atoms with Crippen molar-refractivity contribution in [2.45, 2.75) is 0 Å². The normalized spacial score (nSPS) is 11.5. The molecule has 1 rings (SSSR count). The van der Waals surface area contributed by atoms with Gasteiger partial charge in [-0.1, -0.05) is 0 Å². The van der Waals surface area contributed by atoms with Crippen LogP contribution in [0.4, 0.5) is 0 Å². The zero-order chi connectivity index (χ0) is 11.3. The fourth-order valence-corrected chi connectivity index (χ4v) is 3.12. The smallest absolute Gasteiger partial charge is 0.188 e. The molecule has 0 aliphatic heterocycles. The average Bonchev–Trinajstić information content (AvgIpc) is 2.63. The largest absolute Gasteiger partial charge is 0.359 e. The number of carbonyl (C=O) groups excluding carboxylic acids is 1. The van der Waals surface area contributed by atoms with Gasteiger partial charge in [-0.3, -0.25) is 4.79 Å². The number of carbonyl (C=O) groups is 1. The van der Waals surface area contributed by atoms with E-state index in [0.29, 0.717) is 17.2 Å². The second-order valence-electron chi connectivity index (χ2n) is 3.19. The van der Waals surface area contributed by atoms with E-state index in [1.54, 1.807) is 18.3 Å². The van der Waals surface area contributed by atoms with Gasteiger partial charge in [0.2, 0.25) is 0 Å². The molecule has 0 aromatic carbocycles. The molecule has 0 amide bonds. The Bertz CT molecular complexity index is 409. The molecule has 0 atom stereocenters. The monoisotopic (exact) mass is 247 g/mol. The van der Waals surface area contributed by atoms with E-state index in [9.17, 15) is 13.2 Å². The van der Waals surface area contributed by atoms with Crippen molar-refractivity contribution in [1.29, 1.82) is 0 Å². The minimum absolute atomic E-state index is 0.00139. The summed E-state index contributed by atoms with van der Waals surface area (Å²) in [7, 11) is -2.92. The zero-order valence-corrected chi connectivity index (χ0v) is 10.0. The van der Waals surface area contributed by atoms with Gasteiger partial charge in [0.25, 0.3) is 0 Å². The van der Waals surface area contributed by atoms with E-state index < -0.39 is 9.84 Å². The molecule has 1 heterocycles. The molecule has 0 unspecified atom stereocenters. The summed E-state index contributed by atoms with van der Waals surface area (Å²) >= 11 is 1.34. The first-order valence-corrected chi connectivity index (χ1v) is 7.62. The van der Waals surface area contributed by atoms with Crippen LogP contribution in [0, 0.1) is 0 Å². The predicted octanol–water partition coefficient (Wildman–Crippen LogP) is 0.975. The van der Waals surface area contributed by atoms with E-state index in [-0.39, 0.29) is 11.5 Å². The second-order valence-corrected chi connectivity index (χ2v) is 6.55. The SMILES string of the molecule is CS(=O)(=O)CCSCC(=O)c1ccc[nH]1. The van der Waals surface area contributed by atoms with Crippen molar-refractivity contribution in [3.63, 3.8) is 0 Å². The first-order chi connectivity index (χ1) is 6.99. The summed E-state index contributed by atoms with van der Waals surface area (Å²) in [5, 5.41) is 0. The van der Waals surface area contributed by atoms with E-state index >= 15 is 0 Å². The van der Waals surface area contributed by atoms with E-state index in [0.717, 1.165) is 0 Å². The number of ketones is 1. The van der Waals surface area contributed by atoms with Crippen molar-refractivity contribution in [1.82, 2.24) is 4.98 Å². The van der Waals surface area contributed by atoms with Gasteiger partial charge in [0, 0.05) is 18.2 Å². The van der Waals surface area contributed by atoms with Crippen molar-refractivity contribution in [3.05, 3.63) is 24.0 Å². The summed E-state index contributed by atoms with van der Waals surface area (Å²) in [6, 6.07) is 3.47. The number of hydrogen-bond donors (Lipinski definition) is 1. The van der Waals surface area contributed by atoms with Crippen LogP contribution in [0.15, 0.2) is 18.3 Å². The maximum absolute atomic E-state index is 11.4. The highest BCUT2D eigenvalue weighted by molar-refractivity contribution is 8.01. The molecule has 4 nitrogen and oxygen atoms in total. The standard InChI is InChI=1S/C9H13NO3S2/c1-15(12,13)6-5-14-7-9(11)8-3-2-4-10-8/h2-4,10H,5-7H2,1H3. The number of H-pyrrole nitrogens is 1. The lowest BCUT2D eigenvalue weighted by Gasteiger charge is -1.99. The Labute approximate surface area is 93.4 Å². The maximum atomic E-state index is 11.4. The molecule has 0 fully saturated rings. The van der Waals surface area contributed by atoms with Gasteiger partial charge in [-0.15, -0.1) is 0 Å². The highest BCUT2D eigenvalue weighted by Gasteiger charge is 2.07. The van der Waals surface area contributed by atoms with Gasteiger partial charge >= 0.3 is 0 Å². The van der Waals surface area contributed by atoms with Crippen LogP contribution < -0.4 is 0 Å². The van der Waals surface area contributed by atoms with Crippen LogP contribution in [0.5, 0.6) is 0 Å². The topological polar surface area (TPSA) is 67.0 Å². The number of rotatable bonds is 6. The Kier molecular flexibility index (Phi) is 4.41. The minimum Gasteiger partial charge on any atom is -0.359 e. The number of aromatic nitrogens is 1. The van der Waals surface area contributed by atoms with Crippen molar-refractivity contribution in [3.8, 4) is 0 Å². The van der Waals surface area contributed by atoms with Gasteiger partial charge in [-0.05, 0) is 12.1 Å². The lowest BCUT2D eigenvalue weighted by Crippen LogP contribution is -2.08. The van der Waals surface area contributed by atoms with Crippen LogP contribution in [0.2, 0.25) is 0 Å². The Morgan fingerprint density at radius 3 is 2.80 bits per heavy atom. The summed E-state index contributed by atoms with van der Waals surface area (Å²) < 4.78 is 21.6. The molecule has 0 bridgehead atoms. The lowest BCUT2D eigenvalue weighted by atomic mass is 10.3. The summed E-state index contributed by atoms with van der Waals surface area (Å²) in [6.07, 6.45) is 2.88. The number of Topliss-reactive ketones (excluding diaryl/α,β-unsaturated/α-hetero) is 1. The average molecular weight is 247 g/mol. The van der Waals surface area contributed by atoms with Crippen LogP contribution >= 0.6 is 11.8 Å². The molecule has 0 saturated heterocycles. The van der Waals surface area contributed by atoms with Gasteiger partial charge in [0.05, 0.1) is 17.2 Å². The van der Waals surface area contributed by atoms with Gasteiger partial charge < -0.3 is 4.98 Å². The Morgan fingerprint density at radius 2 is 2.27 bits per heavy atom. The van der Waals surface area contributed by atoms with E-state index in [1.807, 2.05) is 0 Å². The van der Waals surface area contributed by atoms with Crippen LogP contribution in [0.25, 0.3) is 0 Å².